The predicted molar refractivity (Wildman–Crippen MR) is 101 cm³/mol. The van der Waals surface area contributed by atoms with Gasteiger partial charge in [-0.25, -0.2) is 0 Å². The standard InChI is InChI=1S/C16H13Cl2IN2O2/c1-9-2-5-14(12(18)6-9)21-15(22)8-20-16(23)10-3-4-11(17)13(19)7-10/h2-7H,8H2,1H3,(H,20,23)(H,21,22). The van der Waals surface area contributed by atoms with Gasteiger partial charge in [-0.05, 0) is 65.4 Å². The summed E-state index contributed by atoms with van der Waals surface area (Å²) in [6.45, 7) is 1.76. The Hall–Kier alpha value is -1.31. The van der Waals surface area contributed by atoms with E-state index >= 15 is 0 Å². The van der Waals surface area contributed by atoms with Crippen molar-refractivity contribution in [3.8, 4) is 0 Å². The van der Waals surface area contributed by atoms with Gasteiger partial charge in [0.05, 0.1) is 22.3 Å². The van der Waals surface area contributed by atoms with Crippen LogP contribution in [-0.2, 0) is 4.79 Å². The Kier molecular flexibility index (Phi) is 6.26. The van der Waals surface area contributed by atoms with Crippen LogP contribution in [0, 0.1) is 10.5 Å². The molecule has 0 atom stereocenters. The Morgan fingerprint density at radius 3 is 2.48 bits per heavy atom. The molecule has 2 rings (SSSR count). The molecule has 0 spiro atoms. The van der Waals surface area contributed by atoms with Crippen molar-refractivity contribution in [3.05, 3.63) is 61.1 Å². The van der Waals surface area contributed by atoms with Crippen LogP contribution in [0.4, 0.5) is 5.69 Å². The van der Waals surface area contributed by atoms with E-state index in [2.05, 4.69) is 10.6 Å². The van der Waals surface area contributed by atoms with Crippen LogP contribution in [0.3, 0.4) is 0 Å². The molecule has 2 amide bonds. The van der Waals surface area contributed by atoms with E-state index in [1.807, 2.05) is 35.6 Å². The highest BCUT2D eigenvalue weighted by atomic mass is 127. The zero-order valence-corrected chi connectivity index (χ0v) is 15.8. The van der Waals surface area contributed by atoms with Gasteiger partial charge >= 0.3 is 0 Å². The second-order valence-corrected chi connectivity index (χ2v) is 6.82. The predicted octanol–water partition coefficient (Wildman–Crippen LogP) is 4.27. The van der Waals surface area contributed by atoms with Gasteiger partial charge in [-0.2, -0.15) is 0 Å². The van der Waals surface area contributed by atoms with E-state index in [0.29, 0.717) is 21.3 Å². The minimum atomic E-state index is -0.354. The van der Waals surface area contributed by atoms with Crippen LogP contribution in [-0.4, -0.2) is 18.4 Å². The number of benzene rings is 2. The molecular weight excluding hydrogens is 450 g/mol. The van der Waals surface area contributed by atoms with Crippen LogP contribution in [0.25, 0.3) is 0 Å². The van der Waals surface area contributed by atoms with Gasteiger partial charge in [-0.3, -0.25) is 9.59 Å². The summed E-state index contributed by atoms with van der Waals surface area (Å²) >= 11 is 14.0. The van der Waals surface area contributed by atoms with Crippen molar-refractivity contribution in [1.82, 2.24) is 5.32 Å². The molecule has 23 heavy (non-hydrogen) atoms. The van der Waals surface area contributed by atoms with Gasteiger partial charge in [0, 0.05) is 9.13 Å². The summed E-state index contributed by atoms with van der Waals surface area (Å²) in [5.74, 6) is -0.697. The molecule has 0 heterocycles. The molecule has 0 saturated carbocycles. The molecule has 4 nitrogen and oxygen atoms in total. The highest BCUT2D eigenvalue weighted by Crippen LogP contribution is 2.22. The zero-order chi connectivity index (χ0) is 17.0. The topological polar surface area (TPSA) is 58.2 Å². The second-order valence-electron chi connectivity index (χ2n) is 4.84. The van der Waals surface area contributed by atoms with Crippen molar-refractivity contribution in [1.29, 1.82) is 0 Å². The van der Waals surface area contributed by atoms with Gasteiger partial charge in [0.2, 0.25) is 5.91 Å². The number of carbonyl (C=O) groups is 2. The molecule has 7 heteroatoms. The van der Waals surface area contributed by atoms with Crippen molar-refractivity contribution in [2.75, 3.05) is 11.9 Å². The molecule has 0 unspecified atom stereocenters. The fraction of sp³-hybridized carbons (Fsp3) is 0.125. The fourth-order valence-electron chi connectivity index (χ4n) is 1.82. The normalized spacial score (nSPS) is 10.3. The third-order valence-electron chi connectivity index (χ3n) is 2.99. The molecule has 0 aliphatic heterocycles. The summed E-state index contributed by atoms with van der Waals surface area (Å²) in [7, 11) is 0. The van der Waals surface area contributed by atoms with Crippen molar-refractivity contribution in [2.45, 2.75) is 6.92 Å². The fourth-order valence-corrected chi connectivity index (χ4v) is 2.73. The molecule has 0 radical (unpaired) electrons. The number of carbonyl (C=O) groups excluding carboxylic acids is 2. The van der Waals surface area contributed by atoms with Crippen LogP contribution in [0.2, 0.25) is 10.0 Å². The van der Waals surface area contributed by atoms with Gasteiger partial charge in [0.25, 0.3) is 5.91 Å². The van der Waals surface area contributed by atoms with E-state index < -0.39 is 0 Å². The van der Waals surface area contributed by atoms with Crippen molar-refractivity contribution < 1.29 is 9.59 Å². The first kappa shape index (κ1) is 18.0. The molecule has 2 aromatic carbocycles. The number of nitrogens with one attached hydrogen (secondary N) is 2. The van der Waals surface area contributed by atoms with Gasteiger partial charge in [-0.15, -0.1) is 0 Å². The van der Waals surface area contributed by atoms with Crippen LogP contribution in [0.1, 0.15) is 15.9 Å². The molecule has 0 aliphatic carbocycles. The molecule has 120 valence electrons. The summed E-state index contributed by atoms with van der Waals surface area (Å²) < 4.78 is 0.771. The number of rotatable bonds is 4. The molecule has 0 aliphatic rings. The molecule has 0 fully saturated rings. The van der Waals surface area contributed by atoms with Gasteiger partial charge in [0.1, 0.15) is 0 Å². The minimum Gasteiger partial charge on any atom is -0.343 e. The largest absolute Gasteiger partial charge is 0.343 e. The first-order chi connectivity index (χ1) is 10.9. The third-order valence-corrected chi connectivity index (χ3v) is 4.84. The summed E-state index contributed by atoms with van der Waals surface area (Å²) in [6.07, 6.45) is 0. The smallest absolute Gasteiger partial charge is 0.251 e. The van der Waals surface area contributed by atoms with E-state index in [0.717, 1.165) is 9.13 Å². The highest BCUT2D eigenvalue weighted by Gasteiger charge is 2.11. The highest BCUT2D eigenvalue weighted by molar-refractivity contribution is 14.1. The van der Waals surface area contributed by atoms with Crippen molar-refractivity contribution in [2.24, 2.45) is 0 Å². The Bertz CT molecular complexity index is 766. The number of halogens is 3. The number of anilines is 1. The van der Waals surface area contributed by atoms with E-state index in [9.17, 15) is 9.59 Å². The molecule has 0 bridgehead atoms. The van der Waals surface area contributed by atoms with Gasteiger partial charge < -0.3 is 10.6 Å². The molecular formula is C16H13Cl2IN2O2. The lowest BCUT2D eigenvalue weighted by Gasteiger charge is -2.09. The SMILES string of the molecule is Cc1ccc(NC(=O)CNC(=O)c2ccc(Cl)c(I)c2)c(Cl)c1. The number of aryl methyl sites for hydroxylation is 1. The molecule has 2 N–H and O–H groups in total. The van der Waals surface area contributed by atoms with Crippen LogP contribution in [0.5, 0.6) is 0 Å². The first-order valence-electron chi connectivity index (χ1n) is 6.66. The number of hydrogen-bond acceptors (Lipinski definition) is 2. The van der Waals surface area contributed by atoms with E-state index in [1.54, 1.807) is 30.3 Å². The summed E-state index contributed by atoms with van der Waals surface area (Å²) in [5.41, 5.74) is 1.95. The molecule has 0 aromatic heterocycles. The van der Waals surface area contributed by atoms with E-state index in [-0.39, 0.29) is 18.4 Å². The third kappa shape index (κ3) is 5.09. The summed E-state index contributed by atoms with van der Waals surface area (Å²) in [4.78, 5) is 23.9. The zero-order valence-electron chi connectivity index (χ0n) is 12.1. The van der Waals surface area contributed by atoms with Gasteiger partial charge in [0.15, 0.2) is 0 Å². The Morgan fingerprint density at radius 2 is 1.83 bits per heavy atom. The lowest BCUT2D eigenvalue weighted by atomic mass is 10.2. The van der Waals surface area contributed by atoms with Crippen molar-refractivity contribution >= 4 is 63.3 Å². The monoisotopic (exact) mass is 462 g/mol. The Morgan fingerprint density at radius 1 is 1.09 bits per heavy atom. The Balaban J connectivity index is 1.93. The van der Waals surface area contributed by atoms with Crippen LogP contribution >= 0.6 is 45.8 Å². The van der Waals surface area contributed by atoms with E-state index in [1.165, 1.54) is 0 Å². The van der Waals surface area contributed by atoms with Crippen molar-refractivity contribution in [3.63, 3.8) is 0 Å². The summed E-state index contributed by atoms with van der Waals surface area (Å²) in [5, 5.41) is 6.25. The lowest BCUT2D eigenvalue weighted by molar-refractivity contribution is -0.115. The average Bonchev–Trinajstić information content (AvgIpc) is 2.50. The van der Waals surface area contributed by atoms with E-state index in [4.69, 9.17) is 23.2 Å². The lowest BCUT2D eigenvalue weighted by Crippen LogP contribution is -2.32. The average molecular weight is 463 g/mol. The molecule has 2 aromatic rings. The number of amides is 2. The maximum Gasteiger partial charge on any atom is 0.251 e. The molecule has 0 saturated heterocycles. The minimum absolute atomic E-state index is 0.151. The van der Waals surface area contributed by atoms with Crippen LogP contribution in [0.15, 0.2) is 36.4 Å². The van der Waals surface area contributed by atoms with Gasteiger partial charge in [-0.1, -0.05) is 29.3 Å². The quantitative estimate of drug-likeness (QED) is 0.666. The maximum absolute atomic E-state index is 12.0. The second kappa shape index (κ2) is 7.99. The number of hydrogen-bond donors (Lipinski definition) is 2. The first-order valence-corrected chi connectivity index (χ1v) is 8.49. The van der Waals surface area contributed by atoms with Crippen LogP contribution < -0.4 is 10.6 Å². The maximum atomic E-state index is 12.0. The summed E-state index contributed by atoms with van der Waals surface area (Å²) in [6, 6.07) is 10.2. The Labute approximate surface area is 157 Å².